The largest absolute Gasteiger partial charge is 0.508 e. The molecule has 0 spiro atoms. The lowest BCUT2D eigenvalue weighted by molar-refractivity contribution is -0.113. The molecule has 4 unspecified atom stereocenters. The van der Waals surface area contributed by atoms with E-state index >= 15 is 0 Å². The van der Waals surface area contributed by atoms with Gasteiger partial charge in [-0.15, -0.1) is 9.24 Å². The predicted molar refractivity (Wildman–Crippen MR) is 103 cm³/mol. The summed E-state index contributed by atoms with van der Waals surface area (Å²) in [4.78, 5) is 0. The molecule has 2 aromatic rings. The van der Waals surface area contributed by atoms with Gasteiger partial charge >= 0.3 is 0 Å². The smallest absolute Gasteiger partial charge is 0.123 e. The van der Waals surface area contributed by atoms with Crippen molar-refractivity contribution in [1.29, 1.82) is 0 Å². The van der Waals surface area contributed by atoms with Crippen LogP contribution in [0.4, 0.5) is 0 Å². The Morgan fingerprint density at radius 2 is 1.92 bits per heavy atom. The lowest BCUT2D eigenvalue weighted by atomic mass is 9.93. The molecule has 1 heterocycles. The number of phenols is 1. The van der Waals surface area contributed by atoms with Gasteiger partial charge in [-0.3, -0.25) is 0 Å². The summed E-state index contributed by atoms with van der Waals surface area (Å²) in [6, 6.07) is 12.9. The molecule has 1 saturated heterocycles. The molecule has 0 bridgehead atoms. The normalized spacial score (nSPS) is 24.2. The van der Waals surface area contributed by atoms with Gasteiger partial charge in [0.25, 0.3) is 0 Å². The van der Waals surface area contributed by atoms with Crippen molar-refractivity contribution in [3.8, 4) is 11.5 Å². The molecule has 1 aliphatic rings. The molecule has 6 heteroatoms. The minimum atomic E-state index is -0.486. The molecule has 0 aromatic heterocycles. The minimum absolute atomic E-state index is 0.0207. The van der Waals surface area contributed by atoms with Crippen LogP contribution in [0.1, 0.15) is 41.3 Å². The van der Waals surface area contributed by atoms with Gasteiger partial charge in [0, 0.05) is 24.1 Å². The molecule has 26 heavy (non-hydrogen) atoms. The van der Waals surface area contributed by atoms with Crippen LogP contribution in [0.5, 0.6) is 11.5 Å². The molecule has 140 valence electrons. The van der Waals surface area contributed by atoms with Crippen LogP contribution in [-0.4, -0.2) is 41.2 Å². The quantitative estimate of drug-likeness (QED) is 0.700. The fourth-order valence-corrected chi connectivity index (χ4v) is 3.86. The van der Waals surface area contributed by atoms with Crippen molar-refractivity contribution in [1.82, 2.24) is 0 Å². The van der Waals surface area contributed by atoms with Gasteiger partial charge in [-0.1, -0.05) is 18.2 Å². The maximum atomic E-state index is 10.1. The third-order valence-electron chi connectivity index (χ3n) is 4.79. The van der Waals surface area contributed by atoms with Crippen molar-refractivity contribution < 1.29 is 24.8 Å². The zero-order chi connectivity index (χ0) is 18.7. The Hall–Kier alpha value is -1.65. The number of benzene rings is 2. The number of ether oxygens (including phenoxy) is 2. The number of phenolic OH excluding ortho intramolecular Hbond substituents is 1. The van der Waals surface area contributed by atoms with Gasteiger partial charge in [-0.25, -0.2) is 0 Å². The summed E-state index contributed by atoms with van der Waals surface area (Å²) < 4.78 is 11.5. The second kappa shape index (κ2) is 8.36. The van der Waals surface area contributed by atoms with Gasteiger partial charge in [0.05, 0.1) is 32.0 Å². The molecule has 0 amide bonds. The van der Waals surface area contributed by atoms with Crippen LogP contribution in [0.15, 0.2) is 42.5 Å². The van der Waals surface area contributed by atoms with E-state index in [-0.39, 0.29) is 30.2 Å². The molecule has 3 rings (SSSR count). The zero-order valence-corrected chi connectivity index (χ0v) is 15.9. The summed E-state index contributed by atoms with van der Waals surface area (Å²) in [6.45, 7) is -0.101. The molecule has 2 aromatic carbocycles. The molecule has 5 nitrogen and oxygen atoms in total. The summed E-state index contributed by atoms with van der Waals surface area (Å²) in [5.74, 6) is 0.989. The molecule has 0 saturated carbocycles. The van der Waals surface area contributed by atoms with E-state index in [1.54, 1.807) is 19.2 Å². The summed E-state index contributed by atoms with van der Waals surface area (Å²) >= 11 is 0. The fraction of sp³-hybridized carbons (Fsp3) is 0.400. The van der Waals surface area contributed by atoms with E-state index in [9.17, 15) is 15.3 Å². The summed E-state index contributed by atoms with van der Waals surface area (Å²) in [6.07, 6.45) is -0.144. The number of aromatic hydroxyl groups is 1. The van der Waals surface area contributed by atoms with Gasteiger partial charge in [0.2, 0.25) is 0 Å². The zero-order valence-electron chi connectivity index (χ0n) is 14.7. The maximum Gasteiger partial charge on any atom is 0.123 e. The summed E-state index contributed by atoms with van der Waals surface area (Å²) in [7, 11) is 4.44. The van der Waals surface area contributed by atoms with Crippen molar-refractivity contribution in [2.45, 2.75) is 36.8 Å². The number of rotatable bonds is 5. The average molecular weight is 376 g/mol. The Bertz CT molecular complexity index is 733. The fourth-order valence-electron chi connectivity index (χ4n) is 3.38. The lowest BCUT2D eigenvalue weighted by Gasteiger charge is -2.33. The Morgan fingerprint density at radius 1 is 1.19 bits per heavy atom. The summed E-state index contributed by atoms with van der Waals surface area (Å²) in [5.41, 5.74) is 2.93. The Labute approximate surface area is 155 Å². The first kappa shape index (κ1) is 19.1. The highest BCUT2D eigenvalue weighted by atomic mass is 31.0. The van der Waals surface area contributed by atoms with E-state index in [1.807, 2.05) is 30.3 Å². The van der Waals surface area contributed by atoms with E-state index in [0.717, 1.165) is 22.4 Å². The predicted octanol–water partition coefficient (Wildman–Crippen LogP) is 2.94. The Morgan fingerprint density at radius 3 is 2.58 bits per heavy atom. The topological polar surface area (TPSA) is 79.2 Å². The van der Waals surface area contributed by atoms with Crippen LogP contribution in [0.3, 0.4) is 0 Å². The highest BCUT2D eigenvalue weighted by molar-refractivity contribution is 7.17. The van der Waals surface area contributed by atoms with Crippen molar-refractivity contribution in [2.75, 3.05) is 13.7 Å². The van der Waals surface area contributed by atoms with Crippen LogP contribution in [0.25, 0.3) is 0 Å². The van der Waals surface area contributed by atoms with Crippen molar-refractivity contribution in [3.63, 3.8) is 0 Å². The third kappa shape index (κ3) is 4.18. The first-order valence-corrected chi connectivity index (χ1v) is 9.35. The Balaban J connectivity index is 1.92. The second-order valence-electron chi connectivity index (χ2n) is 6.63. The standard InChI is InChI=1S/C20H25O5P/c1-24-18-7-4-13(19-10-15(23)9-16(11-21)25-19)8-17(18)20(26)12-2-5-14(22)6-3-12/h2-8,15-16,19-23H,9-11,26H2,1H3/t15?,16-,19?,20?/m0/s1. The van der Waals surface area contributed by atoms with Crippen molar-refractivity contribution in [3.05, 3.63) is 59.2 Å². The molecular weight excluding hydrogens is 351 g/mol. The van der Waals surface area contributed by atoms with Crippen LogP contribution in [0.2, 0.25) is 0 Å². The molecular formula is C20H25O5P. The van der Waals surface area contributed by atoms with E-state index in [2.05, 4.69) is 9.24 Å². The molecule has 0 radical (unpaired) electrons. The average Bonchev–Trinajstić information content (AvgIpc) is 2.67. The van der Waals surface area contributed by atoms with Crippen LogP contribution < -0.4 is 4.74 Å². The van der Waals surface area contributed by atoms with Crippen LogP contribution in [0, 0.1) is 0 Å². The molecule has 0 aliphatic carbocycles. The number of aliphatic hydroxyl groups excluding tert-OH is 2. The van der Waals surface area contributed by atoms with E-state index < -0.39 is 6.10 Å². The van der Waals surface area contributed by atoms with Gasteiger partial charge in [-0.2, -0.15) is 0 Å². The number of hydrogen-bond donors (Lipinski definition) is 3. The van der Waals surface area contributed by atoms with Gasteiger partial charge in [-0.05, 0) is 35.4 Å². The summed E-state index contributed by atoms with van der Waals surface area (Å²) in [5, 5.41) is 29.0. The van der Waals surface area contributed by atoms with Gasteiger partial charge < -0.3 is 24.8 Å². The molecule has 1 fully saturated rings. The molecule has 1 aliphatic heterocycles. The van der Waals surface area contributed by atoms with Crippen molar-refractivity contribution in [2.24, 2.45) is 0 Å². The van der Waals surface area contributed by atoms with Gasteiger partial charge in [0.15, 0.2) is 0 Å². The maximum absolute atomic E-state index is 10.1. The van der Waals surface area contributed by atoms with Crippen molar-refractivity contribution >= 4 is 9.24 Å². The van der Waals surface area contributed by atoms with E-state index in [4.69, 9.17) is 9.47 Å². The molecule has 3 N–H and O–H groups in total. The van der Waals surface area contributed by atoms with Crippen LogP contribution >= 0.6 is 9.24 Å². The number of methoxy groups -OCH3 is 1. The van der Waals surface area contributed by atoms with E-state index in [0.29, 0.717) is 12.8 Å². The monoisotopic (exact) mass is 376 g/mol. The van der Waals surface area contributed by atoms with Crippen LogP contribution in [-0.2, 0) is 4.74 Å². The number of hydrogen-bond acceptors (Lipinski definition) is 5. The number of aliphatic hydroxyl groups is 2. The lowest BCUT2D eigenvalue weighted by Crippen LogP contribution is -2.33. The minimum Gasteiger partial charge on any atom is -0.508 e. The van der Waals surface area contributed by atoms with Gasteiger partial charge in [0.1, 0.15) is 11.5 Å². The Kier molecular flexibility index (Phi) is 6.15. The van der Waals surface area contributed by atoms with E-state index in [1.165, 1.54) is 0 Å². The highest BCUT2D eigenvalue weighted by Crippen LogP contribution is 2.40. The first-order valence-electron chi connectivity index (χ1n) is 8.68. The highest BCUT2D eigenvalue weighted by Gasteiger charge is 2.29. The third-order valence-corrected chi connectivity index (χ3v) is 5.54. The molecule has 5 atom stereocenters. The second-order valence-corrected chi connectivity index (χ2v) is 7.29. The first-order chi connectivity index (χ1) is 12.5. The SMILES string of the molecule is COc1ccc(C2CC(O)C[C@@H](CO)O2)cc1C(P)c1ccc(O)cc1.